The van der Waals surface area contributed by atoms with E-state index >= 15 is 0 Å². The summed E-state index contributed by atoms with van der Waals surface area (Å²) in [5, 5.41) is 38.5. The molecule has 5 N–H and O–H groups in total. The second-order valence-corrected chi connectivity index (χ2v) is 4.15. The van der Waals surface area contributed by atoms with Gasteiger partial charge in [0.1, 0.15) is 0 Å². The van der Waals surface area contributed by atoms with Gasteiger partial charge in [-0.1, -0.05) is 6.07 Å². The van der Waals surface area contributed by atoms with Crippen molar-refractivity contribution in [3.8, 4) is 11.5 Å². The SMILES string of the molecule is C[C@@H](O)[C@H](NC(=O)C=Cc1ccc(O)c(O)c1)C(=O)O. The van der Waals surface area contributed by atoms with Crippen molar-refractivity contribution in [2.75, 3.05) is 0 Å². The number of amides is 1. The molecule has 0 heterocycles. The summed E-state index contributed by atoms with van der Waals surface area (Å²) >= 11 is 0. The maximum atomic E-state index is 11.5. The van der Waals surface area contributed by atoms with E-state index in [1.165, 1.54) is 31.2 Å². The van der Waals surface area contributed by atoms with Gasteiger partial charge in [-0.3, -0.25) is 4.79 Å². The lowest BCUT2D eigenvalue weighted by Crippen LogP contribution is -2.47. The van der Waals surface area contributed by atoms with Crippen molar-refractivity contribution in [1.29, 1.82) is 0 Å². The van der Waals surface area contributed by atoms with E-state index in [1.807, 2.05) is 0 Å². The highest BCUT2D eigenvalue weighted by Crippen LogP contribution is 2.25. The standard InChI is InChI=1S/C13H15NO6/c1-7(15)12(13(19)20)14-11(18)5-3-8-2-4-9(16)10(17)6-8/h2-7,12,15-17H,1H3,(H,14,18)(H,19,20)/t7-,12+/m1/s1. The van der Waals surface area contributed by atoms with E-state index in [0.717, 1.165) is 6.08 Å². The van der Waals surface area contributed by atoms with Crippen molar-refractivity contribution < 1.29 is 30.0 Å². The van der Waals surface area contributed by atoms with Gasteiger partial charge in [-0.25, -0.2) is 4.79 Å². The Morgan fingerprint density at radius 3 is 2.40 bits per heavy atom. The van der Waals surface area contributed by atoms with Gasteiger partial charge in [0.05, 0.1) is 6.10 Å². The highest BCUT2D eigenvalue weighted by atomic mass is 16.4. The van der Waals surface area contributed by atoms with Crippen LogP contribution >= 0.6 is 0 Å². The quantitative estimate of drug-likeness (QED) is 0.383. The number of hydrogen-bond donors (Lipinski definition) is 5. The molecule has 0 spiro atoms. The Bertz CT molecular complexity index is 538. The molecule has 0 aliphatic carbocycles. The second kappa shape index (κ2) is 6.58. The first-order chi connectivity index (χ1) is 9.31. The van der Waals surface area contributed by atoms with E-state index in [0.29, 0.717) is 5.56 Å². The van der Waals surface area contributed by atoms with Crippen LogP contribution in [0.1, 0.15) is 12.5 Å². The predicted octanol–water partition coefficient (Wildman–Crippen LogP) is 0.0612. The van der Waals surface area contributed by atoms with Crippen molar-refractivity contribution in [1.82, 2.24) is 5.32 Å². The molecule has 0 aliphatic rings. The van der Waals surface area contributed by atoms with E-state index in [4.69, 9.17) is 10.2 Å². The minimum Gasteiger partial charge on any atom is -0.504 e. The van der Waals surface area contributed by atoms with Gasteiger partial charge in [-0.2, -0.15) is 0 Å². The third-order valence-corrected chi connectivity index (χ3v) is 2.47. The predicted molar refractivity (Wildman–Crippen MR) is 70.1 cm³/mol. The number of rotatable bonds is 5. The number of aliphatic hydroxyl groups is 1. The van der Waals surface area contributed by atoms with Gasteiger partial charge in [-0.15, -0.1) is 0 Å². The summed E-state index contributed by atoms with van der Waals surface area (Å²) in [5.41, 5.74) is 0.444. The summed E-state index contributed by atoms with van der Waals surface area (Å²) in [6.07, 6.45) is 1.15. The number of aliphatic carboxylic acids is 1. The molecule has 7 nitrogen and oxygen atoms in total. The summed E-state index contributed by atoms with van der Waals surface area (Å²) in [6, 6.07) is 2.55. The molecule has 0 saturated carbocycles. The molecule has 7 heteroatoms. The minimum absolute atomic E-state index is 0.286. The lowest BCUT2D eigenvalue weighted by atomic mass is 10.1. The van der Waals surface area contributed by atoms with Crippen LogP contribution in [-0.2, 0) is 9.59 Å². The lowest BCUT2D eigenvalue weighted by Gasteiger charge is -2.15. The summed E-state index contributed by atoms with van der Waals surface area (Å²) < 4.78 is 0. The average Bonchev–Trinajstić information content (AvgIpc) is 2.36. The third-order valence-electron chi connectivity index (χ3n) is 2.47. The number of carboxylic acids is 1. The molecule has 108 valence electrons. The molecule has 20 heavy (non-hydrogen) atoms. The Balaban J connectivity index is 2.72. The molecule has 0 aromatic heterocycles. The highest BCUT2D eigenvalue weighted by Gasteiger charge is 2.23. The first-order valence-electron chi connectivity index (χ1n) is 5.72. The number of hydrogen-bond acceptors (Lipinski definition) is 5. The van der Waals surface area contributed by atoms with Crippen LogP contribution < -0.4 is 5.32 Å². The molecule has 1 aromatic rings. The molecule has 0 fully saturated rings. The zero-order valence-corrected chi connectivity index (χ0v) is 10.6. The largest absolute Gasteiger partial charge is 0.504 e. The number of nitrogens with one attached hydrogen (secondary N) is 1. The minimum atomic E-state index is -1.40. The summed E-state index contributed by atoms with van der Waals surface area (Å²) in [6.45, 7) is 1.25. The summed E-state index contributed by atoms with van der Waals surface area (Å²) in [7, 11) is 0. The van der Waals surface area contributed by atoms with Crippen LogP contribution in [0, 0.1) is 0 Å². The fourth-order valence-corrected chi connectivity index (χ4v) is 1.41. The zero-order valence-electron chi connectivity index (χ0n) is 10.6. The van der Waals surface area contributed by atoms with Gasteiger partial charge in [0.25, 0.3) is 0 Å². The number of phenols is 2. The Morgan fingerprint density at radius 1 is 1.25 bits per heavy atom. The summed E-state index contributed by atoms with van der Waals surface area (Å²) in [5.74, 6) is -2.67. The van der Waals surface area contributed by atoms with E-state index in [2.05, 4.69) is 5.32 Å². The van der Waals surface area contributed by atoms with E-state index in [-0.39, 0.29) is 11.5 Å². The maximum Gasteiger partial charge on any atom is 0.328 e. The molecule has 0 bridgehead atoms. The first-order valence-corrected chi connectivity index (χ1v) is 5.72. The molecule has 0 radical (unpaired) electrons. The number of carbonyl (C=O) groups is 2. The number of carboxylic acid groups (broad SMARTS) is 1. The van der Waals surface area contributed by atoms with Crippen LogP contribution in [0.4, 0.5) is 0 Å². The number of benzene rings is 1. The van der Waals surface area contributed by atoms with Gasteiger partial charge in [0.15, 0.2) is 17.5 Å². The van der Waals surface area contributed by atoms with Crippen molar-refractivity contribution in [3.63, 3.8) is 0 Å². The van der Waals surface area contributed by atoms with Gasteiger partial charge < -0.3 is 25.7 Å². The normalized spacial score (nSPS) is 13.9. The first kappa shape index (κ1) is 15.5. The Morgan fingerprint density at radius 2 is 1.90 bits per heavy atom. The fourth-order valence-electron chi connectivity index (χ4n) is 1.41. The van der Waals surface area contributed by atoms with Crippen molar-refractivity contribution in [3.05, 3.63) is 29.8 Å². The average molecular weight is 281 g/mol. The maximum absolute atomic E-state index is 11.5. The van der Waals surface area contributed by atoms with Gasteiger partial charge in [0, 0.05) is 6.08 Å². The monoisotopic (exact) mass is 281 g/mol. The van der Waals surface area contributed by atoms with Gasteiger partial charge in [-0.05, 0) is 30.7 Å². The molecule has 1 aromatic carbocycles. The van der Waals surface area contributed by atoms with Crippen LogP contribution in [0.15, 0.2) is 24.3 Å². The van der Waals surface area contributed by atoms with Gasteiger partial charge >= 0.3 is 5.97 Å². The van der Waals surface area contributed by atoms with Crippen LogP contribution in [-0.4, -0.2) is 44.4 Å². The topological polar surface area (TPSA) is 127 Å². The lowest BCUT2D eigenvalue weighted by molar-refractivity contribution is -0.144. The number of aliphatic hydroxyl groups excluding tert-OH is 1. The second-order valence-electron chi connectivity index (χ2n) is 4.15. The van der Waals surface area contributed by atoms with E-state index < -0.39 is 24.0 Å². The van der Waals surface area contributed by atoms with E-state index in [9.17, 15) is 19.8 Å². The molecule has 1 rings (SSSR count). The van der Waals surface area contributed by atoms with Crippen molar-refractivity contribution in [2.24, 2.45) is 0 Å². The molecule has 2 atom stereocenters. The molecular formula is C13H15NO6. The number of phenolic OH excluding ortho intramolecular Hbond substituents is 2. The zero-order chi connectivity index (χ0) is 15.3. The van der Waals surface area contributed by atoms with Gasteiger partial charge in [0.2, 0.25) is 5.91 Å². The number of carbonyl (C=O) groups excluding carboxylic acids is 1. The van der Waals surface area contributed by atoms with Crippen LogP contribution in [0.3, 0.4) is 0 Å². The molecule has 0 saturated heterocycles. The Labute approximate surface area is 114 Å². The van der Waals surface area contributed by atoms with Crippen molar-refractivity contribution >= 4 is 18.0 Å². The highest BCUT2D eigenvalue weighted by molar-refractivity contribution is 5.94. The Hall–Kier alpha value is -2.54. The molecule has 1 amide bonds. The molecule has 0 unspecified atom stereocenters. The van der Waals surface area contributed by atoms with Crippen molar-refractivity contribution in [2.45, 2.75) is 19.1 Å². The number of aromatic hydroxyl groups is 2. The molecular weight excluding hydrogens is 266 g/mol. The van der Waals surface area contributed by atoms with E-state index in [1.54, 1.807) is 0 Å². The van der Waals surface area contributed by atoms with Crippen LogP contribution in [0.25, 0.3) is 6.08 Å². The van der Waals surface area contributed by atoms with Crippen LogP contribution in [0.2, 0.25) is 0 Å². The fraction of sp³-hybridized carbons (Fsp3) is 0.231. The third kappa shape index (κ3) is 4.29. The Kier molecular flexibility index (Phi) is 5.10. The molecule has 0 aliphatic heterocycles. The van der Waals surface area contributed by atoms with Crippen LogP contribution in [0.5, 0.6) is 11.5 Å². The summed E-state index contributed by atoms with van der Waals surface area (Å²) in [4.78, 5) is 22.3. The smallest absolute Gasteiger partial charge is 0.328 e.